The Morgan fingerprint density at radius 2 is 1.74 bits per heavy atom. The number of nitrogens with one attached hydrogen (secondary N) is 1. The van der Waals surface area contributed by atoms with Crippen molar-refractivity contribution in [2.45, 2.75) is 12.8 Å². The molecule has 0 atom stereocenters. The van der Waals surface area contributed by atoms with Crippen molar-refractivity contribution in [3.05, 3.63) is 18.2 Å². The molecule has 3 aliphatic heterocycles. The van der Waals surface area contributed by atoms with Crippen LogP contribution in [0.2, 0.25) is 0 Å². The first-order valence-electron chi connectivity index (χ1n) is 7.20. The van der Waals surface area contributed by atoms with Gasteiger partial charge in [-0.1, -0.05) is 0 Å². The third kappa shape index (κ3) is 1.94. The lowest BCUT2D eigenvalue weighted by Gasteiger charge is -2.53. The fraction of sp³-hybridized carbons (Fsp3) is 0.600. The van der Waals surface area contributed by atoms with Gasteiger partial charge in [-0.15, -0.1) is 0 Å². The van der Waals surface area contributed by atoms with Gasteiger partial charge in [0.25, 0.3) is 0 Å². The van der Waals surface area contributed by atoms with Gasteiger partial charge in [0.15, 0.2) is 11.5 Å². The first-order valence-corrected chi connectivity index (χ1v) is 7.20. The summed E-state index contributed by atoms with van der Waals surface area (Å²) in [6, 6.07) is 6.32. The molecule has 1 aromatic rings. The van der Waals surface area contributed by atoms with Gasteiger partial charge in [-0.25, -0.2) is 0 Å². The van der Waals surface area contributed by atoms with Crippen molar-refractivity contribution >= 4 is 5.69 Å². The molecule has 4 heteroatoms. The van der Waals surface area contributed by atoms with E-state index in [1.54, 1.807) is 0 Å². The number of hydrogen-bond acceptors (Lipinski definition) is 4. The van der Waals surface area contributed by atoms with Crippen molar-refractivity contribution in [2.24, 2.45) is 5.41 Å². The van der Waals surface area contributed by atoms with E-state index in [0.29, 0.717) is 18.6 Å². The molecule has 0 saturated carbocycles. The molecule has 19 heavy (non-hydrogen) atoms. The van der Waals surface area contributed by atoms with E-state index in [-0.39, 0.29) is 0 Å². The third-order valence-corrected chi connectivity index (χ3v) is 4.61. The summed E-state index contributed by atoms with van der Waals surface area (Å²) in [6.45, 7) is 6.05. The minimum atomic E-state index is 0.568. The van der Waals surface area contributed by atoms with Crippen LogP contribution >= 0.6 is 0 Å². The molecule has 0 bridgehead atoms. The van der Waals surface area contributed by atoms with Crippen LogP contribution in [0.1, 0.15) is 12.8 Å². The lowest BCUT2D eigenvalue weighted by Crippen LogP contribution is -2.60. The number of hydrogen-bond donors (Lipinski definition) is 1. The highest BCUT2D eigenvalue weighted by Crippen LogP contribution is 2.43. The van der Waals surface area contributed by atoms with Crippen LogP contribution in [0.15, 0.2) is 18.2 Å². The Labute approximate surface area is 113 Å². The molecule has 1 N–H and O–H groups in total. The summed E-state index contributed by atoms with van der Waals surface area (Å²) in [5.41, 5.74) is 1.84. The maximum atomic E-state index is 5.66. The monoisotopic (exact) mass is 260 g/mol. The SMILES string of the molecule is c1cc2c(cc1N1CC3(CCNCC3)C1)OCCO2. The maximum Gasteiger partial charge on any atom is 0.163 e. The molecule has 0 radical (unpaired) electrons. The fourth-order valence-corrected chi connectivity index (χ4v) is 3.45. The maximum absolute atomic E-state index is 5.66. The standard InChI is InChI=1S/C15H20N2O2/c1-2-13-14(19-8-7-18-13)9-12(1)17-10-15(11-17)3-5-16-6-4-15/h1-2,9,16H,3-8,10-11H2. The highest BCUT2D eigenvalue weighted by Gasteiger charge is 2.43. The van der Waals surface area contributed by atoms with E-state index in [1.165, 1.54) is 44.7 Å². The highest BCUT2D eigenvalue weighted by atomic mass is 16.6. The van der Waals surface area contributed by atoms with Crippen molar-refractivity contribution in [3.63, 3.8) is 0 Å². The second kappa shape index (κ2) is 4.30. The van der Waals surface area contributed by atoms with Gasteiger partial charge in [0, 0.05) is 30.3 Å². The first-order chi connectivity index (χ1) is 9.35. The number of rotatable bonds is 1. The summed E-state index contributed by atoms with van der Waals surface area (Å²) in [7, 11) is 0. The summed E-state index contributed by atoms with van der Waals surface area (Å²) in [4.78, 5) is 2.46. The summed E-state index contributed by atoms with van der Waals surface area (Å²) in [5.74, 6) is 1.78. The zero-order valence-corrected chi connectivity index (χ0v) is 11.2. The van der Waals surface area contributed by atoms with Gasteiger partial charge in [-0.2, -0.15) is 0 Å². The smallest absolute Gasteiger partial charge is 0.163 e. The van der Waals surface area contributed by atoms with Crippen LogP contribution < -0.4 is 19.7 Å². The van der Waals surface area contributed by atoms with Crippen LogP contribution in [0.5, 0.6) is 11.5 Å². The third-order valence-electron chi connectivity index (χ3n) is 4.61. The molecule has 3 heterocycles. The average molecular weight is 260 g/mol. The van der Waals surface area contributed by atoms with E-state index in [9.17, 15) is 0 Å². The van der Waals surface area contributed by atoms with Gasteiger partial charge in [0.05, 0.1) is 0 Å². The van der Waals surface area contributed by atoms with Crippen LogP contribution in [-0.2, 0) is 0 Å². The fourth-order valence-electron chi connectivity index (χ4n) is 3.45. The summed E-state index contributed by atoms with van der Waals surface area (Å²) in [6.07, 6.45) is 2.63. The average Bonchev–Trinajstić information content (AvgIpc) is 2.45. The van der Waals surface area contributed by atoms with Gasteiger partial charge in [-0.05, 0) is 38.1 Å². The van der Waals surface area contributed by atoms with Crippen LogP contribution in [0.4, 0.5) is 5.69 Å². The van der Waals surface area contributed by atoms with Crippen LogP contribution in [0.3, 0.4) is 0 Å². The Balaban J connectivity index is 1.49. The van der Waals surface area contributed by atoms with Gasteiger partial charge >= 0.3 is 0 Å². The minimum absolute atomic E-state index is 0.568. The summed E-state index contributed by atoms with van der Waals surface area (Å²) >= 11 is 0. The second-order valence-corrected chi connectivity index (χ2v) is 5.93. The molecule has 3 aliphatic rings. The van der Waals surface area contributed by atoms with E-state index in [4.69, 9.17) is 9.47 Å². The molecule has 1 aromatic carbocycles. The second-order valence-electron chi connectivity index (χ2n) is 5.93. The van der Waals surface area contributed by atoms with Crippen LogP contribution in [-0.4, -0.2) is 39.4 Å². The molecule has 0 unspecified atom stereocenters. The lowest BCUT2D eigenvalue weighted by molar-refractivity contribution is 0.149. The van der Waals surface area contributed by atoms with Crippen molar-refractivity contribution in [2.75, 3.05) is 44.3 Å². The quantitative estimate of drug-likeness (QED) is 0.832. The Morgan fingerprint density at radius 3 is 2.53 bits per heavy atom. The predicted molar refractivity (Wildman–Crippen MR) is 74.2 cm³/mol. The number of benzene rings is 1. The van der Waals surface area contributed by atoms with E-state index >= 15 is 0 Å². The zero-order chi connectivity index (χ0) is 12.7. The molecular formula is C15H20N2O2. The molecule has 0 aliphatic carbocycles. The molecule has 2 fully saturated rings. The summed E-state index contributed by atoms with van der Waals surface area (Å²) < 4.78 is 11.2. The van der Waals surface area contributed by atoms with Crippen molar-refractivity contribution in [1.82, 2.24) is 5.32 Å². The van der Waals surface area contributed by atoms with E-state index in [1.807, 2.05) is 6.07 Å². The lowest BCUT2D eigenvalue weighted by atomic mass is 9.72. The Bertz CT molecular complexity index is 475. The predicted octanol–water partition coefficient (Wildman–Crippen LogP) is 1.65. The van der Waals surface area contributed by atoms with Crippen molar-refractivity contribution < 1.29 is 9.47 Å². The molecular weight excluding hydrogens is 240 g/mol. The first kappa shape index (κ1) is 11.4. The highest BCUT2D eigenvalue weighted by molar-refractivity contribution is 5.58. The number of piperidine rings is 1. The number of ether oxygens (including phenoxy) is 2. The normalized spacial score (nSPS) is 24.1. The van der Waals surface area contributed by atoms with Crippen molar-refractivity contribution in [3.8, 4) is 11.5 Å². The van der Waals surface area contributed by atoms with Crippen LogP contribution in [0.25, 0.3) is 0 Å². The number of fused-ring (bicyclic) bond motifs is 1. The van der Waals surface area contributed by atoms with Crippen molar-refractivity contribution in [1.29, 1.82) is 0 Å². The van der Waals surface area contributed by atoms with E-state index in [0.717, 1.165) is 11.5 Å². The molecule has 0 aromatic heterocycles. The zero-order valence-electron chi connectivity index (χ0n) is 11.2. The van der Waals surface area contributed by atoms with Gasteiger partial charge in [0.2, 0.25) is 0 Å². The summed E-state index contributed by atoms with van der Waals surface area (Å²) in [5, 5.41) is 3.45. The number of anilines is 1. The van der Waals surface area contributed by atoms with Gasteiger partial charge in [-0.3, -0.25) is 0 Å². The van der Waals surface area contributed by atoms with E-state index < -0.39 is 0 Å². The molecule has 1 spiro atoms. The van der Waals surface area contributed by atoms with Gasteiger partial charge < -0.3 is 19.7 Å². The topological polar surface area (TPSA) is 33.7 Å². The molecule has 102 valence electrons. The Morgan fingerprint density at radius 1 is 1.00 bits per heavy atom. The van der Waals surface area contributed by atoms with E-state index in [2.05, 4.69) is 22.3 Å². The molecule has 0 amide bonds. The largest absolute Gasteiger partial charge is 0.486 e. The molecule has 4 nitrogen and oxygen atoms in total. The molecule has 4 rings (SSSR count). The Hall–Kier alpha value is -1.42. The minimum Gasteiger partial charge on any atom is -0.486 e. The van der Waals surface area contributed by atoms with Crippen LogP contribution in [0, 0.1) is 5.41 Å². The van der Waals surface area contributed by atoms with Gasteiger partial charge in [0.1, 0.15) is 13.2 Å². The number of nitrogens with zero attached hydrogens (tertiary/aromatic N) is 1. The Kier molecular flexibility index (Phi) is 2.58. The molecule has 2 saturated heterocycles.